The quantitative estimate of drug-likeness (QED) is 0.713. The number of carbonyl (C=O) groups excluding carboxylic acids is 2. The minimum Gasteiger partial charge on any atom is -0.497 e. The minimum atomic E-state index is -0.423. The first-order valence-corrected chi connectivity index (χ1v) is 8.62. The predicted octanol–water partition coefficient (Wildman–Crippen LogP) is 3.50. The van der Waals surface area contributed by atoms with Crippen molar-refractivity contribution in [3.05, 3.63) is 47.7 Å². The van der Waals surface area contributed by atoms with Gasteiger partial charge in [0.1, 0.15) is 17.3 Å². The summed E-state index contributed by atoms with van der Waals surface area (Å²) in [6, 6.07) is 9.19. The average Bonchev–Trinajstić information content (AvgIpc) is 3.21. The average molecular weight is 371 g/mol. The molecule has 0 aliphatic carbocycles. The van der Waals surface area contributed by atoms with Crippen LogP contribution in [0.2, 0.25) is 0 Å². The van der Waals surface area contributed by atoms with E-state index in [1.807, 2.05) is 24.3 Å². The van der Waals surface area contributed by atoms with Crippen LogP contribution in [0.3, 0.4) is 0 Å². The zero-order valence-corrected chi connectivity index (χ0v) is 15.3. The van der Waals surface area contributed by atoms with Crippen LogP contribution in [-0.2, 0) is 11.2 Å². The third-order valence-corrected chi connectivity index (χ3v) is 4.29. The summed E-state index contributed by atoms with van der Waals surface area (Å²) in [6.45, 7) is 3.26. The SMILES string of the molecule is COc1cccc(-c2cc(C(=O)Nc3nc(CC(C)=O)ns3)oc2C)c1. The molecule has 26 heavy (non-hydrogen) atoms. The highest BCUT2D eigenvalue weighted by Crippen LogP contribution is 2.29. The van der Waals surface area contributed by atoms with Gasteiger partial charge in [-0.05, 0) is 37.6 Å². The Hall–Kier alpha value is -3.00. The van der Waals surface area contributed by atoms with Gasteiger partial charge >= 0.3 is 0 Å². The van der Waals surface area contributed by atoms with E-state index in [-0.39, 0.29) is 18.0 Å². The molecule has 0 spiro atoms. The molecule has 2 aromatic heterocycles. The zero-order valence-electron chi connectivity index (χ0n) is 14.5. The lowest BCUT2D eigenvalue weighted by molar-refractivity contribution is -0.116. The lowest BCUT2D eigenvalue weighted by Crippen LogP contribution is -2.10. The van der Waals surface area contributed by atoms with Crippen molar-refractivity contribution in [1.82, 2.24) is 9.36 Å². The molecule has 0 aliphatic heterocycles. The summed E-state index contributed by atoms with van der Waals surface area (Å²) in [4.78, 5) is 27.6. The second-order valence-electron chi connectivity index (χ2n) is 5.66. The molecule has 1 amide bonds. The van der Waals surface area contributed by atoms with Gasteiger partial charge in [-0.15, -0.1) is 0 Å². The molecule has 7 nitrogen and oxygen atoms in total. The molecule has 2 heterocycles. The number of Topliss-reactive ketones (excluding diaryl/α,β-unsaturated/α-hetero) is 1. The smallest absolute Gasteiger partial charge is 0.293 e. The van der Waals surface area contributed by atoms with Crippen LogP contribution in [-0.4, -0.2) is 28.2 Å². The standard InChI is InChI=1S/C18H17N3O4S/c1-10(22)7-16-19-18(26-21-16)20-17(23)15-9-14(11(2)25-15)12-5-4-6-13(8-12)24-3/h4-6,8-9H,7H2,1-3H3,(H,19,20,21,23). The fourth-order valence-electron chi connectivity index (χ4n) is 2.43. The Morgan fingerprint density at radius 3 is 2.85 bits per heavy atom. The summed E-state index contributed by atoms with van der Waals surface area (Å²) in [5, 5.41) is 2.97. The number of hydrogen-bond donors (Lipinski definition) is 1. The van der Waals surface area contributed by atoms with Crippen LogP contribution >= 0.6 is 11.5 Å². The fourth-order valence-corrected chi connectivity index (χ4v) is 3.01. The van der Waals surface area contributed by atoms with E-state index in [0.717, 1.165) is 28.4 Å². The molecule has 8 heteroatoms. The van der Waals surface area contributed by atoms with E-state index in [1.54, 1.807) is 20.1 Å². The van der Waals surface area contributed by atoms with Gasteiger partial charge in [0, 0.05) is 17.1 Å². The summed E-state index contributed by atoms with van der Waals surface area (Å²) in [6.07, 6.45) is 0.145. The number of hydrogen-bond acceptors (Lipinski definition) is 7. The molecule has 0 saturated carbocycles. The van der Waals surface area contributed by atoms with Crippen LogP contribution in [0.5, 0.6) is 5.75 Å². The van der Waals surface area contributed by atoms with Crippen LogP contribution in [0.15, 0.2) is 34.7 Å². The van der Waals surface area contributed by atoms with E-state index in [4.69, 9.17) is 9.15 Å². The first-order valence-electron chi connectivity index (χ1n) is 7.84. The molecule has 3 rings (SSSR count). The van der Waals surface area contributed by atoms with Gasteiger partial charge in [0.2, 0.25) is 5.13 Å². The lowest BCUT2D eigenvalue weighted by Gasteiger charge is -2.02. The van der Waals surface area contributed by atoms with Gasteiger partial charge in [-0.25, -0.2) is 4.98 Å². The van der Waals surface area contributed by atoms with Gasteiger partial charge in [0.25, 0.3) is 5.91 Å². The molecular weight excluding hydrogens is 354 g/mol. The molecule has 0 saturated heterocycles. The first-order chi connectivity index (χ1) is 12.5. The van der Waals surface area contributed by atoms with E-state index in [1.165, 1.54) is 6.92 Å². The highest BCUT2D eigenvalue weighted by molar-refractivity contribution is 7.09. The van der Waals surface area contributed by atoms with E-state index < -0.39 is 5.91 Å². The number of furan rings is 1. The van der Waals surface area contributed by atoms with Crippen molar-refractivity contribution < 1.29 is 18.7 Å². The lowest BCUT2D eigenvalue weighted by atomic mass is 10.1. The monoisotopic (exact) mass is 371 g/mol. The molecular formula is C18H17N3O4S. The predicted molar refractivity (Wildman–Crippen MR) is 97.7 cm³/mol. The fraction of sp³-hybridized carbons (Fsp3) is 0.222. The number of nitrogens with zero attached hydrogens (tertiary/aromatic N) is 2. The minimum absolute atomic E-state index is 0.0368. The molecule has 0 bridgehead atoms. The van der Waals surface area contributed by atoms with Crippen LogP contribution in [0.4, 0.5) is 5.13 Å². The number of amides is 1. The van der Waals surface area contributed by atoms with Crippen molar-refractivity contribution in [2.24, 2.45) is 0 Å². The number of nitrogens with one attached hydrogen (secondary N) is 1. The molecule has 0 radical (unpaired) electrons. The van der Waals surface area contributed by atoms with Crippen molar-refractivity contribution in [2.75, 3.05) is 12.4 Å². The third-order valence-electron chi connectivity index (χ3n) is 3.62. The Morgan fingerprint density at radius 1 is 1.31 bits per heavy atom. The van der Waals surface area contributed by atoms with Gasteiger partial charge in [0.15, 0.2) is 11.6 Å². The normalized spacial score (nSPS) is 10.6. The highest BCUT2D eigenvalue weighted by Gasteiger charge is 2.18. The molecule has 1 N–H and O–H groups in total. The molecule has 0 unspecified atom stereocenters. The number of aromatic nitrogens is 2. The Bertz CT molecular complexity index is 961. The van der Waals surface area contributed by atoms with Crippen molar-refractivity contribution >= 4 is 28.4 Å². The van der Waals surface area contributed by atoms with Crippen LogP contribution in [0.25, 0.3) is 11.1 Å². The second-order valence-corrected chi connectivity index (χ2v) is 6.41. The first kappa shape index (κ1) is 17.8. The third kappa shape index (κ3) is 3.97. The molecule has 0 fully saturated rings. The van der Waals surface area contributed by atoms with Gasteiger partial charge in [-0.3, -0.25) is 14.9 Å². The molecule has 3 aromatic rings. The maximum Gasteiger partial charge on any atom is 0.293 e. The van der Waals surface area contributed by atoms with Crippen molar-refractivity contribution in [1.29, 1.82) is 0 Å². The Kier molecular flexibility index (Phi) is 5.13. The largest absolute Gasteiger partial charge is 0.497 e. The van der Waals surface area contributed by atoms with E-state index >= 15 is 0 Å². The number of ether oxygens (including phenoxy) is 1. The number of rotatable bonds is 6. The molecule has 134 valence electrons. The Balaban J connectivity index is 1.78. The maximum absolute atomic E-state index is 12.4. The summed E-state index contributed by atoms with van der Waals surface area (Å²) < 4.78 is 14.9. The van der Waals surface area contributed by atoms with E-state index in [2.05, 4.69) is 14.7 Å². The maximum atomic E-state index is 12.4. The number of benzene rings is 1. The summed E-state index contributed by atoms with van der Waals surface area (Å²) >= 11 is 1.02. The highest BCUT2D eigenvalue weighted by atomic mass is 32.1. The molecule has 0 aliphatic rings. The number of aryl methyl sites for hydroxylation is 1. The van der Waals surface area contributed by atoms with Gasteiger partial charge < -0.3 is 9.15 Å². The van der Waals surface area contributed by atoms with Crippen molar-refractivity contribution in [2.45, 2.75) is 20.3 Å². The Labute approximate surface area is 154 Å². The molecule has 1 aromatic carbocycles. The van der Waals surface area contributed by atoms with Crippen molar-refractivity contribution in [3.63, 3.8) is 0 Å². The second kappa shape index (κ2) is 7.49. The summed E-state index contributed by atoms with van der Waals surface area (Å²) in [7, 11) is 1.60. The van der Waals surface area contributed by atoms with Gasteiger partial charge in [-0.1, -0.05) is 12.1 Å². The zero-order chi connectivity index (χ0) is 18.7. The van der Waals surface area contributed by atoms with Crippen LogP contribution in [0.1, 0.15) is 29.1 Å². The number of ketones is 1. The van der Waals surface area contributed by atoms with Gasteiger partial charge in [-0.2, -0.15) is 4.37 Å². The van der Waals surface area contributed by atoms with Gasteiger partial charge in [0.05, 0.1) is 13.5 Å². The van der Waals surface area contributed by atoms with E-state index in [9.17, 15) is 9.59 Å². The number of methoxy groups -OCH3 is 1. The summed E-state index contributed by atoms with van der Waals surface area (Å²) in [5.41, 5.74) is 1.70. The topological polar surface area (TPSA) is 94.3 Å². The van der Waals surface area contributed by atoms with E-state index in [0.29, 0.717) is 16.7 Å². The number of anilines is 1. The van der Waals surface area contributed by atoms with Crippen molar-refractivity contribution in [3.8, 4) is 16.9 Å². The molecule has 0 atom stereocenters. The van der Waals surface area contributed by atoms with Crippen LogP contribution < -0.4 is 10.1 Å². The van der Waals surface area contributed by atoms with Crippen LogP contribution in [0, 0.1) is 6.92 Å². The number of carbonyl (C=O) groups is 2. The Morgan fingerprint density at radius 2 is 2.12 bits per heavy atom. The summed E-state index contributed by atoms with van der Waals surface area (Å²) in [5.74, 6) is 1.45.